The third-order valence-corrected chi connectivity index (χ3v) is 8.57. The summed E-state index contributed by atoms with van der Waals surface area (Å²) in [7, 11) is -2.12. The number of fused-ring (bicyclic) bond motifs is 1. The fraction of sp³-hybridized carbons (Fsp3) is 0.296. The number of amides is 1. The van der Waals surface area contributed by atoms with Crippen molar-refractivity contribution in [2.24, 2.45) is 0 Å². The van der Waals surface area contributed by atoms with Crippen LogP contribution in [0.5, 0.6) is 11.5 Å². The average Bonchev–Trinajstić information content (AvgIpc) is 2.86. The number of sulfonamides is 1. The Balaban J connectivity index is 1.57. The minimum Gasteiger partial charge on any atom is -0.457 e. The van der Waals surface area contributed by atoms with Gasteiger partial charge in [-0.25, -0.2) is 13.9 Å². The van der Waals surface area contributed by atoms with Crippen LogP contribution in [0.4, 0.5) is 5.69 Å². The topological polar surface area (TPSA) is 88.2 Å². The molecule has 4 rings (SSSR count). The van der Waals surface area contributed by atoms with Crippen LogP contribution in [-0.2, 0) is 32.3 Å². The standard InChI is InChI=1S/C27H33N3O5SSi/c1-29(2)22-10-12-23(13-11-22)34-24-14-16-25(17-15-24)36(32,33)30-19-21-9-7-6-8-20(21)18-26(30)27(31)28-35-37(3,4)5/h6-17,26H,18-19H2,1-5H3,(H,28,31)/t26-/m1/s1. The molecule has 1 amide bonds. The van der Waals surface area contributed by atoms with Gasteiger partial charge in [0.1, 0.15) is 17.5 Å². The zero-order valence-corrected chi connectivity index (χ0v) is 23.6. The van der Waals surface area contributed by atoms with E-state index in [1.165, 1.54) is 16.4 Å². The lowest BCUT2D eigenvalue weighted by atomic mass is 9.95. The normalized spacial score (nSPS) is 16.1. The summed E-state index contributed by atoms with van der Waals surface area (Å²) in [5.41, 5.74) is 5.39. The maximum atomic E-state index is 13.8. The molecule has 196 valence electrons. The molecule has 1 N–H and O–H groups in total. The van der Waals surface area contributed by atoms with Gasteiger partial charge in [-0.2, -0.15) is 4.31 Å². The number of anilines is 1. The van der Waals surface area contributed by atoms with Crippen molar-refractivity contribution in [2.75, 3.05) is 19.0 Å². The molecule has 10 heteroatoms. The molecule has 8 nitrogen and oxygen atoms in total. The van der Waals surface area contributed by atoms with Crippen LogP contribution in [-0.4, -0.2) is 47.1 Å². The predicted molar refractivity (Wildman–Crippen MR) is 147 cm³/mol. The summed E-state index contributed by atoms with van der Waals surface area (Å²) in [5, 5.41) is 0. The molecule has 0 fully saturated rings. The fourth-order valence-corrected chi connectivity index (χ4v) is 5.98. The van der Waals surface area contributed by atoms with Crippen LogP contribution in [0.3, 0.4) is 0 Å². The van der Waals surface area contributed by atoms with Gasteiger partial charge in [-0.1, -0.05) is 24.3 Å². The van der Waals surface area contributed by atoms with Gasteiger partial charge >= 0.3 is 0 Å². The van der Waals surface area contributed by atoms with Crippen LogP contribution >= 0.6 is 0 Å². The van der Waals surface area contributed by atoms with Crippen molar-refractivity contribution < 1.29 is 22.5 Å². The van der Waals surface area contributed by atoms with E-state index >= 15 is 0 Å². The minimum atomic E-state index is -3.99. The summed E-state index contributed by atoms with van der Waals surface area (Å²) < 4.78 is 40.2. The molecule has 1 aliphatic rings. The van der Waals surface area contributed by atoms with Crippen LogP contribution < -0.4 is 15.1 Å². The van der Waals surface area contributed by atoms with E-state index in [0.717, 1.165) is 16.8 Å². The summed E-state index contributed by atoms with van der Waals surface area (Å²) in [6.45, 7) is 5.93. The highest BCUT2D eigenvalue weighted by Crippen LogP contribution is 2.31. The van der Waals surface area contributed by atoms with Crippen LogP contribution in [0.25, 0.3) is 0 Å². The molecule has 0 aromatic heterocycles. The van der Waals surface area contributed by atoms with Crippen molar-refractivity contribution in [2.45, 2.75) is 43.5 Å². The van der Waals surface area contributed by atoms with Gasteiger partial charge in [0.2, 0.25) is 18.3 Å². The van der Waals surface area contributed by atoms with Gasteiger partial charge < -0.3 is 14.2 Å². The molecule has 3 aromatic rings. The summed E-state index contributed by atoms with van der Waals surface area (Å²) in [4.78, 5) is 15.2. The number of carbonyl (C=O) groups is 1. The second-order valence-corrected chi connectivity index (χ2v) is 16.5. The quantitative estimate of drug-likeness (QED) is 0.334. The van der Waals surface area contributed by atoms with Gasteiger partial charge in [0.15, 0.2) is 0 Å². The Labute approximate surface area is 220 Å². The first-order chi connectivity index (χ1) is 17.4. The Morgan fingerprint density at radius 1 is 0.919 bits per heavy atom. The molecular weight excluding hydrogens is 506 g/mol. The second-order valence-electron chi connectivity index (χ2n) is 10.2. The first kappa shape index (κ1) is 26.9. The molecule has 0 saturated heterocycles. The largest absolute Gasteiger partial charge is 0.457 e. The van der Waals surface area contributed by atoms with Crippen molar-refractivity contribution >= 4 is 29.9 Å². The van der Waals surface area contributed by atoms with Gasteiger partial charge in [-0.05, 0) is 85.7 Å². The molecule has 1 aliphatic heterocycles. The van der Waals surface area contributed by atoms with Crippen LogP contribution in [0.2, 0.25) is 19.6 Å². The summed E-state index contributed by atoms with van der Waals surface area (Å²) >= 11 is 0. The van der Waals surface area contributed by atoms with E-state index in [9.17, 15) is 13.2 Å². The lowest BCUT2D eigenvalue weighted by Gasteiger charge is -2.35. The number of hydrogen-bond acceptors (Lipinski definition) is 6. The lowest BCUT2D eigenvalue weighted by Crippen LogP contribution is -2.53. The van der Waals surface area contributed by atoms with Crippen molar-refractivity contribution in [3.8, 4) is 11.5 Å². The zero-order chi connectivity index (χ0) is 26.8. The highest BCUT2D eigenvalue weighted by molar-refractivity contribution is 7.89. The van der Waals surface area contributed by atoms with E-state index in [-0.39, 0.29) is 17.9 Å². The van der Waals surface area contributed by atoms with E-state index in [1.54, 1.807) is 12.1 Å². The molecule has 0 radical (unpaired) electrons. The summed E-state index contributed by atoms with van der Waals surface area (Å²) in [6.07, 6.45) is 0.264. The van der Waals surface area contributed by atoms with Crippen molar-refractivity contribution in [3.63, 3.8) is 0 Å². The van der Waals surface area contributed by atoms with E-state index in [1.807, 2.05) is 87.2 Å². The predicted octanol–water partition coefficient (Wildman–Crippen LogP) is 4.54. The van der Waals surface area contributed by atoms with Gasteiger partial charge in [0.25, 0.3) is 5.91 Å². The monoisotopic (exact) mass is 539 g/mol. The van der Waals surface area contributed by atoms with Crippen LogP contribution in [0.15, 0.2) is 77.7 Å². The van der Waals surface area contributed by atoms with E-state index in [2.05, 4.69) is 5.48 Å². The molecular formula is C27H33N3O5SSi. The van der Waals surface area contributed by atoms with E-state index < -0.39 is 30.3 Å². The van der Waals surface area contributed by atoms with Gasteiger partial charge in [0, 0.05) is 26.3 Å². The number of carbonyl (C=O) groups excluding carboxylic acids is 1. The van der Waals surface area contributed by atoms with Crippen LogP contribution in [0.1, 0.15) is 11.1 Å². The molecule has 0 bridgehead atoms. The smallest absolute Gasteiger partial charge is 0.261 e. The third kappa shape index (κ3) is 6.39. The summed E-state index contributed by atoms with van der Waals surface area (Å²) in [5.74, 6) is 0.688. The number of benzene rings is 3. The Morgan fingerprint density at radius 2 is 1.49 bits per heavy atom. The molecule has 0 saturated carbocycles. The van der Waals surface area contributed by atoms with Gasteiger partial charge in [-0.15, -0.1) is 0 Å². The number of nitrogens with one attached hydrogen (secondary N) is 1. The third-order valence-electron chi connectivity index (χ3n) is 5.99. The number of hydrogen-bond donors (Lipinski definition) is 1. The number of rotatable bonds is 8. The minimum absolute atomic E-state index is 0.0890. The van der Waals surface area contributed by atoms with Crippen molar-refractivity contribution in [3.05, 3.63) is 83.9 Å². The summed E-state index contributed by atoms with van der Waals surface area (Å²) in [6, 6.07) is 20.5. The number of hydroxylamine groups is 1. The molecule has 3 aromatic carbocycles. The maximum Gasteiger partial charge on any atom is 0.261 e. The number of ether oxygens (including phenoxy) is 1. The molecule has 0 aliphatic carbocycles. The molecule has 37 heavy (non-hydrogen) atoms. The first-order valence-electron chi connectivity index (χ1n) is 12.1. The van der Waals surface area contributed by atoms with E-state index in [0.29, 0.717) is 11.5 Å². The van der Waals surface area contributed by atoms with Crippen molar-refractivity contribution in [1.82, 2.24) is 9.79 Å². The lowest BCUT2D eigenvalue weighted by molar-refractivity contribution is -0.132. The average molecular weight is 540 g/mol. The Morgan fingerprint density at radius 3 is 2.05 bits per heavy atom. The van der Waals surface area contributed by atoms with Crippen molar-refractivity contribution in [1.29, 1.82) is 0 Å². The number of nitrogens with zero attached hydrogens (tertiary/aromatic N) is 2. The first-order valence-corrected chi connectivity index (χ1v) is 16.9. The Hall–Kier alpha value is -3.18. The highest BCUT2D eigenvalue weighted by Gasteiger charge is 2.40. The SMILES string of the molecule is CN(C)c1ccc(Oc2ccc(S(=O)(=O)N3Cc4ccccc4C[C@@H]3C(=O)NO[Si](C)(C)C)cc2)cc1. The molecule has 0 spiro atoms. The Bertz CT molecular complexity index is 1350. The zero-order valence-electron chi connectivity index (χ0n) is 21.8. The second kappa shape index (κ2) is 10.7. The molecule has 1 atom stereocenters. The Kier molecular flexibility index (Phi) is 7.74. The van der Waals surface area contributed by atoms with Crippen LogP contribution in [0, 0.1) is 0 Å². The molecule has 1 heterocycles. The fourth-order valence-electron chi connectivity index (χ4n) is 4.01. The van der Waals surface area contributed by atoms with E-state index in [4.69, 9.17) is 9.26 Å². The van der Waals surface area contributed by atoms with Gasteiger partial charge in [0.05, 0.1) is 4.90 Å². The molecule has 0 unspecified atom stereocenters. The van der Waals surface area contributed by atoms with Gasteiger partial charge in [-0.3, -0.25) is 4.79 Å². The highest BCUT2D eigenvalue weighted by atomic mass is 32.2. The maximum absolute atomic E-state index is 13.8.